The van der Waals surface area contributed by atoms with Crippen molar-refractivity contribution in [1.82, 2.24) is 15.0 Å². The predicted octanol–water partition coefficient (Wildman–Crippen LogP) is 4.35. The van der Waals surface area contributed by atoms with Crippen LogP contribution < -0.4 is 10.5 Å². The van der Waals surface area contributed by atoms with Crippen LogP contribution in [-0.2, 0) is 10.3 Å². The van der Waals surface area contributed by atoms with Gasteiger partial charge < -0.3 is 15.2 Å². The van der Waals surface area contributed by atoms with E-state index >= 15 is 0 Å². The van der Waals surface area contributed by atoms with Crippen LogP contribution in [0.4, 0.5) is 4.39 Å². The van der Waals surface area contributed by atoms with E-state index in [0.29, 0.717) is 22.8 Å². The molecule has 2 aliphatic heterocycles. The maximum absolute atomic E-state index is 14.4. The first-order chi connectivity index (χ1) is 16.0. The molecule has 0 fully saturated rings. The third-order valence-corrected chi connectivity index (χ3v) is 5.96. The van der Waals surface area contributed by atoms with Crippen molar-refractivity contribution in [2.75, 3.05) is 6.61 Å². The molecule has 2 N–H and O–H groups in total. The second-order valence-electron chi connectivity index (χ2n) is 8.02. The number of aryl methyl sites for hydroxylation is 1. The second kappa shape index (κ2) is 7.09. The highest BCUT2D eigenvalue weighted by Gasteiger charge is 2.48. The lowest BCUT2D eigenvalue weighted by Gasteiger charge is -2.33. The Bertz CT molecular complexity index is 1450. The van der Waals surface area contributed by atoms with Crippen LogP contribution >= 0.6 is 0 Å². The molecule has 0 unspecified atom stereocenters. The number of halogens is 1. The fourth-order valence-corrected chi connectivity index (χ4v) is 4.38. The number of benzene rings is 1. The molecule has 0 bridgehead atoms. The molecule has 0 radical (unpaired) electrons. The fraction of sp³-hybridized carbons (Fsp3) is 0.120. The molecule has 1 aromatic carbocycles. The van der Waals surface area contributed by atoms with Crippen molar-refractivity contribution >= 4 is 6.02 Å². The molecule has 8 heteroatoms. The number of hydrogen-bond donors (Lipinski definition) is 1. The van der Waals surface area contributed by atoms with Gasteiger partial charge >= 0.3 is 0 Å². The number of aromatic nitrogens is 3. The number of hydrogen-bond acceptors (Lipinski definition) is 7. The van der Waals surface area contributed by atoms with Gasteiger partial charge in [0.25, 0.3) is 6.02 Å². The lowest BCUT2D eigenvalue weighted by Crippen LogP contribution is -2.31. The van der Waals surface area contributed by atoms with Gasteiger partial charge in [0.15, 0.2) is 5.54 Å². The predicted molar refractivity (Wildman–Crippen MR) is 120 cm³/mol. The number of pyridine rings is 3. The number of amidine groups is 1. The molecule has 33 heavy (non-hydrogen) atoms. The topological polar surface area (TPSA) is 95.5 Å². The highest BCUT2D eigenvalue weighted by atomic mass is 19.1. The van der Waals surface area contributed by atoms with Crippen LogP contribution in [0.25, 0.3) is 22.3 Å². The molecule has 0 saturated carbocycles. The number of rotatable bonds is 2. The molecule has 5 heterocycles. The molecule has 0 saturated heterocycles. The van der Waals surface area contributed by atoms with Crippen LogP contribution in [0.5, 0.6) is 11.6 Å². The SMILES string of the molecule is Cc1cc(-c2cnc3c(c2)[C@]2(COC(N)=N2)c2cc(-c4cccnc4F)ccc2O3)ccn1. The maximum Gasteiger partial charge on any atom is 0.283 e. The number of fused-ring (bicyclic) bond motifs is 4. The Morgan fingerprint density at radius 2 is 1.82 bits per heavy atom. The van der Waals surface area contributed by atoms with Crippen molar-refractivity contribution < 1.29 is 13.9 Å². The van der Waals surface area contributed by atoms with Crippen molar-refractivity contribution in [2.45, 2.75) is 12.5 Å². The zero-order valence-corrected chi connectivity index (χ0v) is 17.6. The molecule has 1 atom stereocenters. The second-order valence-corrected chi connectivity index (χ2v) is 8.02. The zero-order chi connectivity index (χ0) is 22.6. The van der Waals surface area contributed by atoms with E-state index in [1.54, 1.807) is 36.7 Å². The van der Waals surface area contributed by atoms with Gasteiger partial charge in [-0.25, -0.2) is 15.0 Å². The van der Waals surface area contributed by atoms with Gasteiger partial charge in [-0.3, -0.25) is 4.98 Å². The molecule has 1 spiro atoms. The first kappa shape index (κ1) is 19.4. The Balaban J connectivity index is 1.56. The Morgan fingerprint density at radius 1 is 0.939 bits per heavy atom. The van der Waals surface area contributed by atoms with E-state index < -0.39 is 11.5 Å². The van der Waals surface area contributed by atoms with Gasteiger partial charge in [0.05, 0.1) is 5.56 Å². The number of ether oxygens (including phenoxy) is 2. The summed E-state index contributed by atoms with van der Waals surface area (Å²) in [4.78, 5) is 17.3. The minimum Gasteiger partial charge on any atom is -0.462 e. The summed E-state index contributed by atoms with van der Waals surface area (Å²) in [5, 5.41) is 0. The van der Waals surface area contributed by atoms with Crippen molar-refractivity contribution in [3.63, 3.8) is 0 Å². The van der Waals surface area contributed by atoms with Crippen LogP contribution in [-0.4, -0.2) is 27.6 Å². The minimum absolute atomic E-state index is 0.0805. The van der Waals surface area contributed by atoms with Crippen molar-refractivity contribution in [3.8, 4) is 33.9 Å². The third kappa shape index (κ3) is 3.02. The van der Waals surface area contributed by atoms with Crippen LogP contribution in [0.2, 0.25) is 0 Å². The molecule has 0 aliphatic carbocycles. The summed E-state index contributed by atoms with van der Waals surface area (Å²) < 4.78 is 26.2. The number of nitrogens with two attached hydrogens (primary N) is 1. The van der Waals surface area contributed by atoms with E-state index in [2.05, 4.69) is 15.0 Å². The minimum atomic E-state index is -0.965. The van der Waals surface area contributed by atoms with Crippen LogP contribution in [0.15, 0.2) is 72.1 Å². The molecule has 2 aliphatic rings. The van der Waals surface area contributed by atoms with Gasteiger partial charge in [0.2, 0.25) is 11.8 Å². The van der Waals surface area contributed by atoms with Gasteiger partial charge in [-0.2, -0.15) is 4.39 Å². The first-order valence-electron chi connectivity index (χ1n) is 10.4. The smallest absolute Gasteiger partial charge is 0.283 e. The normalized spacial score (nSPS) is 18.2. The first-order valence-corrected chi connectivity index (χ1v) is 10.4. The molecular formula is C25H18FN5O2. The van der Waals surface area contributed by atoms with E-state index in [1.165, 1.54) is 6.20 Å². The Kier molecular flexibility index (Phi) is 4.16. The lowest BCUT2D eigenvalue weighted by molar-refractivity contribution is 0.262. The highest BCUT2D eigenvalue weighted by Crippen LogP contribution is 2.51. The van der Waals surface area contributed by atoms with Gasteiger partial charge in [0.1, 0.15) is 12.4 Å². The monoisotopic (exact) mass is 439 g/mol. The molecule has 3 aromatic heterocycles. The van der Waals surface area contributed by atoms with Crippen molar-refractivity contribution in [1.29, 1.82) is 0 Å². The molecular weight excluding hydrogens is 421 g/mol. The Hall–Kier alpha value is -4.33. The standard InChI is InChI=1S/C25H18FN5O2/c1-14-9-15(6-8-28-14)17-11-20-23(30-12-17)33-21-5-4-16(18-3-2-7-29-22(18)26)10-19(21)25(20)13-32-24(27)31-25/h2-12H,13H2,1H3,(H2,27,31)/t25-/m0/s1. The Labute approximate surface area is 188 Å². The molecule has 0 amide bonds. The summed E-state index contributed by atoms with van der Waals surface area (Å²) in [7, 11) is 0. The maximum atomic E-state index is 14.4. The van der Waals surface area contributed by atoms with Gasteiger partial charge in [-0.1, -0.05) is 6.07 Å². The summed E-state index contributed by atoms with van der Waals surface area (Å²) >= 11 is 0. The van der Waals surface area contributed by atoms with Crippen LogP contribution in [0, 0.1) is 12.9 Å². The van der Waals surface area contributed by atoms with E-state index in [1.807, 2.05) is 31.2 Å². The number of aliphatic imine (C=N–C) groups is 1. The summed E-state index contributed by atoms with van der Waals surface area (Å²) in [6.07, 6.45) is 4.94. The van der Waals surface area contributed by atoms with E-state index in [9.17, 15) is 4.39 Å². The fourth-order valence-electron chi connectivity index (χ4n) is 4.38. The summed E-state index contributed by atoms with van der Waals surface area (Å²) in [6, 6.07) is 14.8. The largest absolute Gasteiger partial charge is 0.462 e. The Morgan fingerprint density at radius 3 is 2.61 bits per heavy atom. The average Bonchev–Trinajstić information content (AvgIpc) is 3.21. The average molecular weight is 439 g/mol. The summed E-state index contributed by atoms with van der Waals surface area (Å²) in [5.41, 5.74) is 10.3. The van der Waals surface area contributed by atoms with E-state index in [0.717, 1.165) is 27.9 Å². The quantitative estimate of drug-likeness (QED) is 0.467. The van der Waals surface area contributed by atoms with Crippen molar-refractivity contribution in [2.24, 2.45) is 10.7 Å². The molecule has 7 nitrogen and oxygen atoms in total. The zero-order valence-electron chi connectivity index (χ0n) is 17.6. The third-order valence-electron chi connectivity index (χ3n) is 5.96. The molecule has 162 valence electrons. The van der Waals surface area contributed by atoms with Gasteiger partial charge in [0, 0.05) is 41.0 Å². The van der Waals surface area contributed by atoms with Crippen LogP contribution in [0.1, 0.15) is 16.8 Å². The highest BCUT2D eigenvalue weighted by molar-refractivity contribution is 5.78. The number of nitrogens with zero attached hydrogens (tertiary/aromatic N) is 4. The molecule has 4 aromatic rings. The van der Waals surface area contributed by atoms with E-state index in [4.69, 9.17) is 20.2 Å². The van der Waals surface area contributed by atoms with Gasteiger partial charge in [-0.15, -0.1) is 0 Å². The van der Waals surface area contributed by atoms with Crippen molar-refractivity contribution in [3.05, 3.63) is 89.9 Å². The van der Waals surface area contributed by atoms with Crippen LogP contribution in [0.3, 0.4) is 0 Å². The molecule has 6 rings (SSSR count). The van der Waals surface area contributed by atoms with Gasteiger partial charge in [-0.05, 0) is 60.5 Å². The van der Waals surface area contributed by atoms with E-state index in [-0.39, 0.29) is 12.6 Å². The summed E-state index contributed by atoms with van der Waals surface area (Å²) in [6.45, 7) is 2.12. The summed E-state index contributed by atoms with van der Waals surface area (Å²) in [5.74, 6) is 0.448. The lowest BCUT2D eigenvalue weighted by atomic mass is 9.80.